The molecule has 5 rings (SSSR count). The number of benzene rings is 3. The molecule has 0 aromatic heterocycles. The van der Waals surface area contributed by atoms with Gasteiger partial charge in [-0.15, -0.1) is 0 Å². The van der Waals surface area contributed by atoms with Crippen molar-refractivity contribution in [3.63, 3.8) is 0 Å². The van der Waals surface area contributed by atoms with E-state index in [1.807, 2.05) is 29.2 Å². The summed E-state index contributed by atoms with van der Waals surface area (Å²) in [6.07, 6.45) is 1.43. The Kier molecular flexibility index (Phi) is 6.13. The highest BCUT2D eigenvalue weighted by Gasteiger charge is 2.46. The van der Waals surface area contributed by atoms with Crippen LogP contribution in [0.15, 0.2) is 60.7 Å². The highest BCUT2D eigenvalue weighted by Crippen LogP contribution is 2.49. The number of halogens is 2. The molecule has 2 atom stereocenters. The van der Waals surface area contributed by atoms with Crippen LogP contribution in [0.25, 0.3) is 11.1 Å². The fourth-order valence-corrected chi connectivity index (χ4v) is 5.19. The molecule has 1 aliphatic heterocycles. The van der Waals surface area contributed by atoms with E-state index in [0.29, 0.717) is 30.1 Å². The van der Waals surface area contributed by atoms with Gasteiger partial charge in [0.05, 0.1) is 13.5 Å². The number of carbonyl (C=O) groups is 2. The van der Waals surface area contributed by atoms with Crippen molar-refractivity contribution in [1.29, 1.82) is 0 Å². The molecular formula is C28H25ClFNO3. The van der Waals surface area contributed by atoms with E-state index in [0.717, 1.165) is 28.7 Å². The van der Waals surface area contributed by atoms with Gasteiger partial charge in [0.1, 0.15) is 5.82 Å². The van der Waals surface area contributed by atoms with Crippen molar-refractivity contribution in [2.24, 2.45) is 5.92 Å². The Morgan fingerprint density at radius 1 is 1.06 bits per heavy atom. The minimum absolute atomic E-state index is 0.0204. The summed E-state index contributed by atoms with van der Waals surface area (Å²) in [5.41, 5.74) is 4.89. The molecule has 0 bridgehead atoms. The number of amides is 1. The third-order valence-electron chi connectivity index (χ3n) is 6.90. The topological polar surface area (TPSA) is 46.6 Å². The van der Waals surface area contributed by atoms with Crippen LogP contribution < -0.4 is 0 Å². The Morgan fingerprint density at radius 2 is 1.85 bits per heavy atom. The first-order valence-electron chi connectivity index (χ1n) is 11.5. The van der Waals surface area contributed by atoms with Gasteiger partial charge < -0.3 is 9.64 Å². The third kappa shape index (κ3) is 4.32. The van der Waals surface area contributed by atoms with Crippen molar-refractivity contribution >= 4 is 23.5 Å². The van der Waals surface area contributed by atoms with Crippen LogP contribution in [-0.4, -0.2) is 30.4 Å². The molecule has 1 heterocycles. The number of esters is 1. The average Bonchev–Trinajstić information content (AvgIpc) is 3.66. The Labute approximate surface area is 203 Å². The van der Waals surface area contributed by atoms with Gasteiger partial charge in [-0.3, -0.25) is 9.59 Å². The van der Waals surface area contributed by atoms with Gasteiger partial charge in [0.2, 0.25) is 5.91 Å². The molecule has 0 spiro atoms. The Morgan fingerprint density at radius 3 is 2.62 bits per heavy atom. The maximum atomic E-state index is 14.7. The quantitative estimate of drug-likeness (QED) is 0.453. The van der Waals surface area contributed by atoms with E-state index in [9.17, 15) is 14.0 Å². The molecule has 0 unspecified atom stereocenters. The van der Waals surface area contributed by atoms with Crippen molar-refractivity contribution in [3.8, 4) is 11.1 Å². The van der Waals surface area contributed by atoms with E-state index < -0.39 is 0 Å². The van der Waals surface area contributed by atoms with Crippen molar-refractivity contribution in [2.45, 2.75) is 31.7 Å². The molecule has 1 fully saturated rings. The number of ether oxygens (including phenoxy) is 1. The highest BCUT2D eigenvalue weighted by atomic mass is 35.5. The minimum Gasteiger partial charge on any atom is -0.469 e. The Bertz CT molecular complexity index is 1260. The van der Waals surface area contributed by atoms with Crippen molar-refractivity contribution in [1.82, 2.24) is 4.90 Å². The molecule has 2 aliphatic rings. The summed E-state index contributed by atoms with van der Waals surface area (Å²) in [4.78, 5) is 26.9. The summed E-state index contributed by atoms with van der Waals surface area (Å²) in [6, 6.07) is 18.7. The van der Waals surface area contributed by atoms with Crippen molar-refractivity contribution in [3.05, 3.63) is 93.8 Å². The van der Waals surface area contributed by atoms with Gasteiger partial charge in [0.25, 0.3) is 0 Å². The molecule has 0 saturated heterocycles. The van der Waals surface area contributed by atoms with Gasteiger partial charge in [-0.05, 0) is 64.8 Å². The lowest BCUT2D eigenvalue weighted by atomic mass is 9.89. The summed E-state index contributed by atoms with van der Waals surface area (Å²) in [5, 5.41) is 0.511. The molecular weight excluding hydrogens is 453 g/mol. The molecule has 4 nitrogen and oxygen atoms in total. The number of hydrogen-bond donors (Lipinski definition) is 0. The predicted octanol–water partition coefficient (Wildman–Crippen LogP) is 5.55. The van der Waals surface area contributed by atoms with E-state index in [1.54, 1.807) is 18.2 Å². The number of carbonyl (C=O) groups excluding carboxylic acids is 2. The number of hydrogen-bond acceptors (Lipinski definition) is 3. The van der Waals surface area contributed by atoms with Crippen LogP contribution >= 0.6 is 11.6 Å². The Hall–Kier alpha value is -3.18. The van der Waals surface area contributed by atoms with Crippen LogP contribution in [-0.2, 0) is 33.7 Å². The standard InChI is InChI=1S/C28H25ClFNO3/c1-34-27(32)14-17-7-9-25(29)22(13-17)19-8-10-26(30)20-11-12-31(16-24(19)20)28(33)23-15-21(23)18-5-3-2-4-6-18/h2-10,13,21,23H,11-12,14-16H2,1H3/t21-,23+/m0/s1. The molecule has 1 saturated carbocycles. The van der Waals surface area contributed by atoms with Crippen molar-refractivity contribution < 1.29 is 18.7 Å². The highest BCUT2D eigenvalue weighted by molar-refractivity contribution is 6.33. The van der Waals surface area contributed by atoms with Crippen molar-refractivity contribution in [2.75, 3.05) is 13.7 Å². The second kappa shape index (κ2) is 9.22. The Balaban J connectivity index is 1.43. The molecule has 0 radical (unpaired) electrons. The van der Waals surface area contributed by atoms with Crippen LogP contribution in [0.2, 0.25) is 5.02 Å². The third-order valence-corrected chi connectivity index (χ3v) is 7.23. The molecule has 3 aromatic rings. The SMILES string of the molecule is COC(=O)Cc1ccc(Cl)c(-c2ccc(F)c3c2CN(C(=O)[C@@H]2C[C@H]2c2ccccc2)CC3)c1. The average molecular weight is 478 g/mol. The summed E-state index contributed by atoms with van der Waals surface area (Å²) >= 11 is 6.54. The smallest absolute Gasteiger partial charge is 0.309 e. The molecule has 174 valence electrons. The predicted molar refractivity (Wildman–Crippen MR) is 129 cm³/mol. The van der Waals surface area contributed by atoms with E-state index >= 15 is 0 Å². The van der Waals surface area contributed by atoms with E-state index in [-0.39, 0.29) is 36.0 Å². The summed E-state index contributed by atoms with van der Waals surface area (Å²) < 4.78 is 19.5. The molecule has 34 heavy (non-hydrogen) atoms. The molecule has 3 aromatic carbocycles. The van der Waals surface area contributed by atoms with Gasteiger partial charge in [0, 0.05) is 29.6 Å². The van der Waals surface area contributed by atoms with E-state index in [2.05, 4.69) is 12.1 Å². The molecule has 1 aliphatic carbocycles. The fraction of sp³-hybridized carbons (Fsp3) is 0.286. The van der Waals surface area contributed by atoms with Gasteiger partial charge in [-0.2, -0.15) is 0 Å². The first kappa shape index (κ1) is 22.6. The lowest BCUT2D eigenvalue weighted by Crippen LogP contribution is -2.37. The van der Waals surface area contributed by atoms with Gasteiger partial charge in [-0.1, -0.05) is 54.1 Å². The first-order chi connectivity index (χ1) is 16.5. The zero-order chi connectivity index (χ0) is 23.8. The lowest BCUT2D eigenvalue weighted by molar-refractivity contribution is -0.139. The summed E-state index contributed by atoms with van der Waals surface area (Å²) in [5.74, 6) is -0.246. The maximum absolute atomic E-state index is 14.7. The second-order valence-corrected chi connectivity index (χ2v) is 9.40. The fourth-order valence-electron chi connectivity index (χ4n) is 4.97. The number of fused-ring (bicyclic) bond motifs is 1. The van der Waals surface area contributed by atoms with Crippen LogP contribution in [0.3, 0.4) is 0 Å². The van der Waals surface area contributed by atoms with E-state index in [1.165, 1.54) is 18.7 Å². The number of methoxy groups -OCH3 is 1. The first-order valence-corrected chi connectivity index (χ1v) is 11.8. The lowest BCUT2D eigenvalue weighted by Gasteiger charge is -2.31. The second-order valence-electron chi connectivity index (χ2n) is 8.99. The van der Waals surface area contributed by atoms with Crippen LogP contribution in [0.1, 0.15) is 34.6 Å². The van der Waals surface area contributed by atoms with Gasteiger partial charge in [0.15, 0.2) is 0 Å². The molecule has 6 heteroatoms. The number of rotatable bonds is 5. The maximum Gasteiger partial charge on any atom is 0.309 e. The monoisotopic (exact) mass is 477 g/mol. The number of nitrogens with zero attached hydrogens (tertiary/aromatic N) is 1. The van der Waals surface area contributed by atoms with E-state index in [4.69, 9.17) is 16.3 Å². The largest absolute Gasteiger partial charge is 0.469 e. The van der Waals surface area contributed by atoms with Crippen LogP contribution in [0.5, 0.6) is 0 Å². The van der Waals surface area contributed by atoms with Gasteiger partial charge in [-0.25, -0.2) is 4.39 Å². The van der Waals surface area contributed by atoms with Gasteiger partial charge >= 0.3 is 5.97 Å². The molecule has 0 N–H and O–H groups in total. The summed E-state index contributed by atoms with van der Waals surface area (Å²) in [6.45, 7) is 0.844. The normalized spacial score (nSPS) is 18.9. The zero-order valence-corrected chi connectivity index (χ0v) is 19.6. The van der Waals surface area contributed by atoms with Crippen LogP contribution in [0.4, 0.5) is 4.39 Å². The minimum atomic E-state index is -0.344. The van der Waals surface area contributed by atoms with Crippen LogP contribution in [0, 0.1) is 11.7 Å². The summed E-state index contributed by atoms with van der Waals surface area (Å²) in [7, 11) is 1.35. The molecule has 1 amide bonds. The zero-order valence-electron chi connectivity index (χ0n) is 18.9.